The molecule has 0 bridgehead atoms. The summed E-state index contributed by atoms with van der Waals surface area (Å²) in [6.45, 7) is 0. The number of fused-ring (bicyclic) bond motifs is 1. The lowest BCUT2D eigenvalue weighted by molar-refractivity contribution is 0.0181. The van der Waals surface area contributed by atoms with Crippen molar-refractivity contribution in [3.05, 3.63) is 82.4 Å². The molecule has 4 aromatic rings. The standard InChI is InChI=1S/C30H28O12/c31-14-7-19(34)15(20(35)8-14)9-24(39)27(12-1-3-17(32)22(37)5-12)28-25(40)11-21(36)16-10-26(41)29(42-30(16)28)13-2-4-18(33)23(38)6-13/h1-8,11,24,26-27,29,31-41H,9-10H2/t24-,26-,27+,29+/m0/s1. The Morgan fingerprint density at radius 3 is 1.90 bits per heavy atom. The number of ether oxygens (including phenoxy) is 1. The molecule has 0 fully saturated rings. The van der Waals surface area contributed by atoms with E-state index < -0.39 is 82.4 Å². The normalized spacial score (nSPS) is 17.7. The van der Waals surface area contributed by atoms with Gasteiger partial charge < -0.3 is 60.9 Å². The van der Waals surface area contributed by atoms with E-state index in [9.17, 15) is 56.2 Å². The molecule has 4 atom stereocenters. The van der Waals surface area contributed by atoms with Gasteiger partial charge in [0.25, 0.3) is 0 Å². The van der Waals surface area contributed by atoms with Crippen molar-refractivity contribution in [1.29, 1.82) is 0 Å². The smallest absolute Gasteiger partial charge is 0.157 e. The summed E-state index contributed by atoms with van der Waals surface area (Å²) in [6.07, 6.45) is -4.64. The van der Waals surface area contributed by atoms with E-state index in [-0.39, 0.29) is 40.0 Å². The minimum absolute atomic E-state index is 0.0741. The molecular weight excluding hydrogens is 552 g/mol. The average Bonchev–Trinajstić information content (AvgIpc) is 2.91. The molecule has 0 unspecified atom stereocenters. The Hall–Kier alpha value is -5.20. The van der Waals surface area contributed by atoms with Crippen LogP contribution in [0.4, 0.5) is 0 Å². The molecule has 1 aliphatic heterocycles. The van der Waals surface area contributed by atoms with Crippen molar-refractivity contribution in [2.45, 2.75) is 37.1 Å². The number of phenols is 9. The largest absolute Gasteiger partial charge is 0.508 e. The van der Waals surface area contributed by atoms with E-state index in [1.54, 1.807) is 0 Å². The van der Waals surface area contributed by atoms with Gasteiger partial charge >= 0.3 is 0 Å². The molecule has 42 heavy (non-hydrogen) atoms. The van der Waals surface area contributed by atoms with Gasteiger partial charge in [-0.2, -0.15) is 0 Å². The Kier molecular flexibility index (Phi) is 7.19. The molecule has 0 radical (unpaired) electrons. The molecule has 220 valence electrons. The van der Waals surface area contributed by atoms with Gasteiger partial charge in [-0.15, -0.1) is 0 Å². The topological polar surface area (TPSA) is 232 Å². The van der Waals surface area contributed by atoms with Crippen LogP contribution in [0.5, 0.6) is 57.5 Å². The van der Waals surface area contributed by atoms with Gasteiger partial charge in [-0.1, -0.05) is 12.1 Å². The lowest BCUT2D eigenvalue weighted by Crippen LogP contribution is -2.32. The minimum Gasteiger partial charge on any atom is -0.508 e. The fourth-order valence-electron chi connectivity index (χ4n) is 5.33. The van der Waals surface area contributed by atoms with Crippen LogP contribution >= 0.6 is 0 Å². The van der Waals surface area contributed by atoms with Crippen LogP contribution in [0, 0.1) is 0 Å². The van der Waals surface area contributed by atoms with Crippen molar-refractivity contribution in [2.75, 3.05) is 0 Å². The summed E-state index contributed by atoms with van der Waals surface area (Å²) < 4.78 is 6.12. The number of rotatable bonds is 6. The fraction of sp³-hybridized carbons (Fsp3) is 0.200. The maximum absolute atomic E-state index is 11.6. The Balaban J connectivity index is 1.68. The summed E-state index contributed by atoms with van der Waals surface area (Å²) in [5.74, 6) is -5.79. The molecule has 11 N–H and O–H groups in total. The van der Waals surface area contributed by atoms with E-state index >= 15 is 0 Å². The van der Waals surface area contributed by atoms with Gasteiger partial charge in [-0.25, -0.2) is 0 Å². The first kappa shape index (κ1) is 28.3. The van der Waals surface area contributed by atoms with Gasteiger partial charge in [0.15, 0.2) is 23.0 Å². The first-order valence-electron chi connectivity index (χ1n) is 12.7. The highest BCUT2D eigenvalue weighted by atomic mass is 16.5. The third kappa shape index (κ3) is 5.04. The van der Waals surface area contributed by atoms with Crippen LogP contribution in [0.3, 0.4) is 0 Å². The predicted octanol–water partition coefficient (Wildman–Crippen LogP) is 2.81. The highest BCUT2D eigenvalue weighted by molar-refractivity contribution is 5.62. The third-order valence-corrected chi connectivity index (χ3v) is 7.37. The van der Waals surface area contributed by atoms with Crippen LogP contribution in [0.1, 0.15) is 39.8 Å². The predicted molar refractivity (Wildman–Crippen MR) is 145 cm³/mol. The maximum atomic E-state index is 11.6. The van der Waals surface area contributed by atoms with Crippen LogP contribution in [-0.4, -0.2) is 68.4 Å². The molecule has 1 heterocycles. The first-order valence-corrected chi connectivity index (χ1v) is 12.7. The van der Waals surface area contributed by atoms with Crippen LogP contribution in [0.2, 0.25) is 0 Å². The molecule has 0 saturated carbocycles. The molecule has 0 aromatic heterocycles. The van der Waals surface area contributed by atoms with Crippen molar-refractivity contribution >= 4 is 0 Å². The monoisotopic (exact) mass is 580 g/mol. The Bertz CT molecular complexity index is 1640. The number of benzene rings is 4. The van der Waals surface area contributed by atoms with E-state index in [0.717, 1.165) is 30.3 Å². The molecule has 1 aliphatic rings. The summed E-state index contributed by atoms with van der Waals surface area (Å²) in [6, 6.07) is 10.3. The molecule has 0 amide bonds. The number of aliphatic hydroxyl groups is 2. The van der Waals surface area contributed by atoms with E-state index in [0.29, 0.717) is 0 Å². The Morgan fingerprint density at radius 2 is 1.29 bits per heavy atom. The van der Waals surface area contributed by atoms with Gasteiger partial charge in [-0.05, 0) is 35.4 Å². The highest BCUT2D eigenvalue weighted by Crippen LogP contribution is 2.51. The SMILES string of the molecule is Oc1cc(O)c(C[C@H](O)[C@@H](c2ccc(O)c(O)c2)c2c(O)cc(O)c3c2O[C@H](c2ccc(O)c(O)c2)[C@@H](O)C3)c(O)c1. The molecule has 12 nitrogen and oxygen atoms in total. The minimum atomic E-state index is -1.58. The molecule has 0 spiro atoms. The molecule has 0 saturated heterocycles. The van der Waals surface area contributed by atoms with Crippen LogP contribution in [0.25, 0.3) is 0 Å². The molecule has 0 aliphatic carbocycles. The average molecular weight is 581 g/mol. The zero-order valence-electron chi connectivity index (χ0n) is 21.7. The van der Waals surface area contributed by atoms with E-state index in [1.165, 1.54) is 24.3 Å². The molecule has 5 rings (SSSR count). The van der Waals surface area contributed by atoms with Gasteiger partial charge in [0.05, 0.1) is 12.2 Å². The summed E-state index contributed by atoms with van der Waals surface area (Å²) in [5.41, 5.74) is 0.222. The second-order valence-electron chi connectivity index (χ2n) is 10.2. The summed E-state index contributed by atoms with van der Waals surface area (Å²) in [5, 5.41) is 115. The zero-order chi connectivity index (χ0) is 30.5. The number of aromatic hydroxyl groups is 9. The Morgan fingerprint density at radius 1 is 0.667 bits per heavy atom. The maximum Gasteiger partial charge on any atom is 0.157 e. The number of hydrogen-bond acceptors (Lipinski definition) is 12. The summed E-state index contributed by atoms with van der Waals surface area (Å²) in [7, 11) is 0. The van der Waals surface area contributed by atoms with Crippen molar-refractivity contribution in [3.63, 3.8) is 0 Å². The second kappa shape index (κ2) is 10.7. The fourth-order valence-corrected chi connectivity index (χ4v) is 5.33. The van der Waals surface area contributed by atoms with Crippen LogP contribution in [-0.2, 0) is 12.8 Å². The quantitative estimate of drug-likeness (QED) is 0.148. The van der Waals surface area contributed by atoms with Gasteiger partial charge in [-0.3, -0.25) is 0 Å². The summed E-state index contributed by atoms with van der Waals surface area (Å²) in [4.78, 5) is 0. The second-order valence-corrected chi connectivity index (χ2v) is 10.2. The van der Waals surface area contributed by atoms with Crippen molar-refractivity contribution < 1.29 is 60.9 Å². The highest BCUT2D eigenvalue weighted by Gasteiger charge is 2.39. The molecule has 12 heteroatoms. The van der Waals surface area contributed by atoms with E-state index in [1.807, 2.05) is 0 Å². The van der Waals surface area contributed by atoms with Crippen molar-refractivity contribution in [3.8, 4) is 57.5 Å². The number of hydrogen-bond donors (Lipinski definition) is 11. The number of phenolic OH excluding ortho intramolecular Hbond substituents is 9. The molecule has 4 aromatic carbocycles. The van der Waals surface area contributed by atoms with Crippen molar-refractivity contribution in [2.24, 2.45) is 0 Å². The van der Waals surface area contributed by atoms with Gasteiger partial charge in [0.1, 0.15) is 40.6 Å². The first-order chi connectivity index (χ1) is 19.8. The van der Waals surface area contributed by atoms with Gasteiger partial charge in [0.2, 0.25) is 0 Å². The lowest BCUT2D eigenvalue weighted by atomic mass is 9.80. The van der Waals surface area contributed by atoms with Crippen molar-refractivity contribution in [1.82, 2.24) is 0 Å². The zero-order valence-corrected chi connectivity index (χ0v) is 21.7. The van der Waals surface area contributed by atoms with Crippen LogP contribution < -0.4 is 4.74 Å². The van der Waals surface area contributed by atoms with E-state index in [2.05, 4.69) is 0 Å². The number of aliphatic hydroxyl groups excluding tert-OH is 2. The van der Waals surface area contributed by atoms with Crippen LogP contribution in [0.15, 0.2) is 54.6 Å². The van der Waals surface area contributed by atoms with Gasteiger partial charge in [0, 0.05) is 53.6 Å². The summed E-state index contributed by atoms with van der Waals surface area (Å²) >= 11 is 0. The third-order valence-electron chi connectivity index (χ3n) is 7.37. The molecular formula is C30H28O12. The van der Waals surface area contributed by atoms with E-state index in [4.69, 9.17) is 4.74 Å². The Labute approximate surface area is 238 Å². The lowest BCUT2D eigenvalue weighted by Gasteiger charge is -2.35.